The Morgan fingerprint density at radius 3 is 0.484 bits per heavy atom. The smallest absolute Gasteiger partial charge is 0.462 e. The van der Waals surface area contributed by atoms with E-state index in [0.717, 1.165) is 0 Å². The van der Waals surface area contributed by atoms with Crippen LogP contribution in [-0.4, -0.2) is 185 Å². The van der Waals surface area contributed by atoms with Gasteiger partial charge in [-0.1, -0.05) is 52.6 Å². The average molecular weight is 1480 g/mol. The van der Waals surface area contributed by atoms with E-state index in [2.05, 4.69) is 52.6 Å². The summed E-state index contributed by atoms with van der Waals surface area (Å²) < 4.78 is 143. The van der Waals surface area contributed by atoms with Crippen molar-refractivity contribution in [3.8, 4) is 0 Å². The predicted molar refractivity (Wildman–Crippen MR) is 354 cm³/mol. The molecular weight excluding hydrogens is 1390 g/mol. The first-order valence-corrected chi connectivity index (χ1v) is 46.4. The molecule has 95 heavy (non-hydrogen) atoms. The van der Waals surface area contributed by atoms with Crippen LogP contribution in [0.2, 0.25) is 48.4 Å². The number of ether oxygens (including phenoxy) is 8. The molecule has 0 radical (unpaired) electrons. The van der Waals surface area contributed by atoms with Crippen LogP contribution in [-0.2, 0) is 130 Å². The van der Waals surface area contributed by atoms with Crippen LogP contribution in [0.15, 0.2) is 97.2 Å². The fourth-order valence-electron chi connectivity index (χ4n) is 9.13. The van der Waals surface area contributed by atoms with Crippen LogP contribution in [0.4, 0.5) is 0 Å². The highest BCUT2D eigenvalue weighted by molar-refractivity contribution is 7.01. The maximum Gasteiger partial charge on any atom is 0.486 e. The summed E-state index contributed by atoms with van der Waals surface area (Å²) in [6, 6.07) is -2.31. The minimum Gasteiger partial charge on any atom is -0.462 e. The number of esters is 8. The lowest BCUT2D eigenvalue weighted by atomic mass is 10.4. The van der Waals surface area contributed by atoms with Gasteiger partial charge in [-0.2, -0.15) is 0 Å². The first-order valence-electron chi connectivity index (χ1n) is 30.9. The number of carbonyl (C=O) groups is 8. The van der Waals surface area contributed by atoms with Crippen molar-refractivity contribution in [2.45, 2.75) is 155 Å². The first-order chi connectivity index (χ1) is 44.5. The van der Waals surface area contributed by atoms with E-state index >= 15 is 0 Å². The van der Waals surface area contributed by atoms with Gasteiger partial charge in [-0.3, -0.25) is 0 Å². The molecule has 6 bridgehead atoms. The Kier molecular flexibility index (Phi) is 32.2. The third-order valence-corrected chi connectivity index (χ3v) is 50.1. The molecule has 0 N–H and O–H groups in total. The van der Waals surface area contributed by atoms with E-state index in [1.807, 2.05) is 0 Å². The van der Waals surface area contributed by atoms with Crippen molar-refractivity contribution < 1.29 is 130 Å². The quantitative estimate of drug-likeness (QED) is 0.0183. The Morgan fingerprint density at radius 1 is 0.232 bits per heavy atom. The molecule has 4 rings (SSSR count). The molecule has 4 heterocycles. The predicted octanol–water partition coefficient (Wildman–Crippen LogP) is 8.10. The highest BCUT2D eigenvalue weighted by atomic mass is 28.6. The summed E-state index contributed by atoms with van der Waals surface area (Å²) in [5.41, 5.74) is 0.769. The van der Waals surface area contributed by atoms with Crippen molar-refractivity contribution in [3.63, 3.8) is 0 Å². The second-order valence-corrected chi connectivity index (χ2v) is 47.9. The number of hydrogen-bond acceptors (Lipinski definition) is 29. The van der Waals surface area contributed by atoms with Crippen LogP contribution in [0.25, 0.3) is 0 Å². The Morgan fingerprint density at radius 2 is 0.358 bits per heavy atom. The molecule has 29 nitrogen and oxygen atoms in total. The van der Waals surface area contributed by atoms with Crippen molar-refractivity contribution in [2.75, 3.05) is 67.1 Å². The molecule has 0 spiro atoms. The van der Waals surface area contributed by atoms with E-state index in [-0.39, 0.29) is 197 Å². The molecule has 0 amide bonds. The second-order valence-electron chi connectivity index (χ2n) is 23.2. The lowest BCUT2D eigenvalue weighted by Gasteiger charge is -2.60. The minimum atomic E-state index is -5.11. The number of hydrogen-bond donors (Lipinski definition) is 0. The van der Waals surface area contributed by atoms with Gasteiger partial charge in [0, 0.05) is 107 Å². The Balaban J connectivity index is 2.34. The first kappa shape index (κ1) is 82.3. The lowest BCUT2D eigenvalue weighted by Crippen LogP contribution is -2.85. The molecular formula is C58H94O29Si8. The zero-order valence-corrected chi connectivity index (χ0v) is 64.5. The van der Waals surface area contributed by atoms with E-state index in [1.165, 1.54) is 69.6 Å². The van der Waals surface area contributed by atoms with Crippen LogP contribution in [0.1, 0.15) is 107 Å². The zero-order chi connectivity index (χ0) is 71.1. The van der Waals surface area contributed by atoms with Gasteiger partial charge in [0.1, 0.15) is 0 Å². The SMILES string of the molecule is C=C(C)C(=O)OCCC[Si]1(OC)O[Si]2(CCCOC(=O)C(=C)C)O[Si]3(CCCOC(=O)C(=C)C)O[Si](CCCOC(=O)C(=C)C)(OC)O[Si]4(CCCOC(=O)C(=C)C)O[Si](CCCOC(=O)C(=C)C)(O1)O[Si](CCCOC(=O)C(=C)C)(O2)O[Si](CCCOC(=O)C(=C)C)(O3)O4. The van der Waals surface area contributed by atoms with Gasteiger partial charge in [0.05, 0.1) is 52.9 Å². The molecule has 4 aliphatic heterocycles. The summed E-state index contributed by atoms with van der Waals surface area (Å²) >= 11 is 0. The molecule has 4 fully saturated rings. The van der Waals surface area contributed by atoms with Gasteiger partial charge in [-0.15, -0.1) is 0 Å². The second kappa shape index (κ2) is 37.2. The molecule has 4 aliphatic rings. The van der Waals surface area contributed by atoms with Gasteiger partial charge < -0.3 is 92.0 Å². The monoisotopic (exact) mass is 1480 g/mol. The number of rotatable bonds is 42. The Bertz CT molecular complexity index is 2610. The number of carbonyl (C=O) groups excluding carboxylic acids is 8. The fourth-order valence-corrected chi connectivity index (χ4v) is 56.2. The van der Waals surface area contributed by atoms with Crippen molar-refractivity contribution in [2.24, 2.45) is 0 Å². The van der Waals surface area contributed by atoms with Gasteiger partial charge in [0.2, 0.25) is 0 Å². The minimum absolute atomic E-state index is 0.0391. The van der Waals surface area contributed by atoms with Crippen LogP contribution >= 0.6 is 0 Å². The van der Waals surface area contributed by atoms with Crippen molar-refractivity contribution in [1.82, 2.24) is 0 Å². The van der Waals surface area contributed by atoms with E-state index in [4.69, 9.17) is 92.0 Å². The van der Waals surface area contributed by atoms with Gasteiger partial charge in [-0.05, 0) is 107 Å². The van der Waals surface area contributed by atoms with Gasteiger partial charge >= 0.3 is 118 Å². The normalized spacial score (nSPS) is 26.6. The number of fused-ring (bicyclic) bond motifs is 4. The third-order valence-electron chi connectivity index (χ3n) is 13.7. The van der Waals surface area contributed by atoms with E-state index < -0.39 is 118 Å². The molecule has 532 valence electrons. The standard InChI is InChI=1S/C58H94O29Si8/c1-43(2)51(59)69-27-19-35-88(67-17)77-90(37-21-29-71-53(61)45(5)6)81-92(39-23-31-73-55(63)47(9)10)79-89(68-18,36-20-28-70-52(60)44(3)4)80-93(40-24-32-74-56(64)48(11)12)82-91(78-88,38-22-30-72-54(62)46(7)8)84-94(83-90,41-25-33-75-57(65)49(13)14)87-95(85-92,86-93)42-26-34-76-58(66)50(15)16/h1,3,5,7,9,11,13,15,19-42H2,2,4,6,8,10,12,14,16-18H3. The summed E-state index contributed by atoms with van der Waals surface area (Å²) in [6.07, 6.45) is -0.705. The Hall–Kier alpha value is -5.10. The third kappa shape index (κ3) is 25.3. The molecule has 0 saturated carbocycles. The van der Waals surface area contributed by atoms with Crippen LogP contribution in [0.3, 0.4) is 0 Å². The van der Waals surface area contributed by atoms with Crippen molar-refractivity contribution in [3.05, 3.63) is 97.2 Å². The molecule has 0 aromatic heterocycles. The summed E-state index contributed by atoms with van der Waals surface area (Å²) in [5, 5.41) is 0. The fraction of sp³-hybridized carbons (Fsp3) is 0.586. The van der Waals surface area contributed by atoms with Crippen molar-refractivity contribution in [1.29, 1.82) is 0 Å². The highest BCUT2D eigenvalue weighted by Crippen LogP contribution is 2.52. The van der Waals surface area contributed by atoms with E-state index in [1.54, 1.807) is 0 Å². The molecule has 37 heteroatoms. The maximum atomic E-state index is 13.1. The lowest BCUT2D eigenvalue weighted by molar-refractivity contribution is -0.139. The molecule has 0 aromatic carbocycles. The largest absolute Gasteiger partial charge is 0.486 e. The highest BCUT2D eigenvalue weighted by Gasteiger charge is 2.80. The van der Waals surface area contributed by atoms with E-state index in [0.29, 0.717) is 0 Å². The topological polar surface area (TPSA) is 330 Å². The van der Waals surface area contributed by atoms with Crippen LogP contribution in [0, 0.1) is 0 Å². The van der Waals surface area contributed by atoms with Gasteiger partial charge in [-0.25, -0.2) is 38.4 Å². The molecule has 4 atom stereocenters. The Labute approximate surface area is 565 Å². The summed E-state index contributed by atoms with van der Waals surface area (Å²) in [7, 11) is -37.5. The molecule has 0 aliphatic carbocycles. The van der Waals surface area contributed by atoms with Crippen molar-refractivity contribution >= 4 is 118 Å². The molecule has 4 saturated heterocycles. The maximum absolute atomic E-state index is 13.1. The summed E-state index contributed by atoms with van der Waals surface area (Å²) in [4.78, 5) is 105. The molecule has 4 unspecified atom stereocenters. The molecule has 0 aromatic rings. The average Bonchev–Trinajstić information content (AvgIpc) is 0.700. The van der Waals surface area contributed by atoms with Gasteiger partial charge in [0.25, 0.3) is 0 Å². The van der Waals surface area contributed by atoms with Crippen LogP contribution in [0.5, 0.6) is 0 Å². The summed E-state index contributed by atoms with van der Waals surface area (Å²) in [6.45, 7) is 39.3. The van der Waals surface area contributed by atoms with Gasteiger partial charge in [0.15, 0.2) is 0 Å². The zero-order valence-electron chi connectivity index (χ0n) is 56.5. The summed E-state index contributed by atoms with van der Waals surface area (Å²) in [5.74, 6) is -5.78. The van der Waals surface area contributed by atoms with Crippen LogP contribution < -0.4 is 0 Å². The van der Waals surface area contributed by atoms with E-state index in [9.17, 15) is 38.4 Å².